The van der Waals surface area contributed by atoms with Crippen LogP contribution in [0.15, 0.2) is 0 Å². The van der Waals surface area contributed by atoms with Gasteiger partial charge in [-0.1, -0.05) is 0 Å². The minimum atomic E-state index is -5.94. The Bertz CT molecular complexity index is 294. The van der Waals surface area contributed by atoms with Crippen LogP contribution in [0.2, 0.25) is 0 Å². The quantitative estimate of drug-likeness (QED) is 0.646. The summed E-state index contributed by atoms with van der Waals surface area (Å²) in [7, 11) is -5.94. The third-order valence-corrected chi connectivity index (χ3v) is 4.87. The Morgan fingerprint density at radius 2 is 0.938 bits per heavy atom. The van der Waals surface area contributed by atoms with Gasteiger partial charge in [0.1, 0.15) is 0 Å². The molecule has 0 unspecified atom stereocenters. The van der Waals surface area contributed by atoms with E-state index in [1.807, 2.05) is 0 Å². The molecule has 16 heavy (non-hydrogen) atoms. The molecule has 0 heterocycles. The predicted octanol–water partition coefficient (Wildman–Crippen LogP) is 1.41. The summed E-state index contributed by atoms with van der Waals surface area (Å²) in [4.78, 5) is 52.8. The van der Waals surface area contributed by atoms with E-state index in [0.717, 1.165) is 0 Å². The average Bonchev–Trinajstić information content (AvgIpc) is 1.97. The summed E-state index contributed by atoms with van der Waals surface area (Å²) in [5, 5.41) is 0. The van der Waals surface area contributed by atoms with Crippen molar-refractivity contribution in [3.8, 4) is 0 Å². The molecule has 0 spiro atoms. The van der Waals surface area contributed by atoms with Gasteiger partial charge in [0.15, 0.2) is 0 Å². The van der Waals surface area contributed by atoms with Crippen molar-refractivity contribution < 1.29 is 24.3 Å². The molecule has 0 aromatic rings. The summed E-state index contributed by atoms with van der Waals surface area (Å²) in [6.45, 7) is 8.47. The average molecular weight is 252 g/mol. The van der Waals surface area contributed by atoms with E-state index in [2.05, 4.69) is 0 Å². The standard InChI is InChI=1S/C10H21O5P/c1-9(2,3)7(11)16(13,14,15)8(12)10(4,5)6/h13-15H,1-6H3. The van der Waals surface area contributed by atoms with Crippen molar-refractivity contribution in [1.82, 2.24) is 0 Å². The fraction of sp³-hybridized carbons (Fsp3) is 0.800. The molecule has 0 amide bonds. The third-order valence-electron chi connectivity index (χ3n) is 2.03. The maximum atomic E-state index is 11.8. The van der Waals surface area contributed by atoms with Crippen LogP contribution < -0.4 is 0 Å². The van der Waals surface area contributed by atoms with Crippen LogP contribution in [-0.4, -0.2) is 25.7 Å². The van der Waals surface area contributed by atoms with Crippen LogP contribution in [0, 0.1) is 10.8 Å². The Morgan fingerprint density at radius 3 is 1.06 bits per heavy atom. The van der Waals surface area contributed by atoms with Crippen LogP contribution >= 0.6 is 7.28 Å². The van der Waals surface area contributed by atoms with E-state index in [0.29, 0.717) is 0 Å². The van der Waals surface area contributed by atoms with E-state index in [1.165, 1.54) is 41.5 Å². The molecule has 0 rings (SSSR count). The van der Waals surface area contributed by atoms with Gasteiger partial charge in [-0.05, 0) is 0 Å². The first-order valence-electron chi connectivity index (χ1n) is 4.96. The van der Waals surface area contributed by atoms with Crippen molar-refractivity contribution in [3.63, 3.8) is 0 Å². The van der Waals surface area contributed by atoms with Crippen LogP contribution in [0.4, 0.5) is 0 Å². The summed E-state index contributed by atoms with van der Waals surface area (Å²) in [5.74, 6) is 0. The Labute approximate surface area is 95.7 Å². The molecular formula is C10H21O5P. The number of hydrogen-bond acceptors (Lipinski definition) is 5. The molecule has 0 aliphatic rings. The molecule has 0 aromatic heterocycles. The van der Waals surface area contributed by atoms with Crippen molar-refractivity contribution in [2.45, 2.75) is 41.5 Å². The van der Waals surface area contributed by atoms with Gasteiger partial charge >= 0.3 is 95.0 Å². The second-order valence-electron chi connectivity index (χ2n) is 6.09. The van der Waals surface area contributed by atoms with Gasteiger partial charge in [-0.3, -0.25) is 0 Å². The summed E-state index contributed by atoms with van der Waals surface area (Å²) in [6.07, 6.45) is 0. The molecule has 0 bridgehead atoms. The summed E-state index contributed by atoms with van der Waals surface area (Å²) in [6, 6.07) is 0. The molecule has 3 N–H and O–H groups in total. The van der Waals surface area contributed by atoms with Crippen molar-refractivity contribution in [2.24, 2.45) is 10.8 Å². The minimum absolute atomic E-state index is 1.20. The molecule has 0 atom stereocenters. The monoisotopic (exact) mass is 252 g/mol. The zero-order valence-electron chi connectivity index (χ0n) is 10.6. The van der Waals surface area contributed by atoms with Gasteiger partial charge in [0, 0.05) is 0 Å². The normalized spacial score (nSPS) is 16.4. The molecule has 0 fully saturated rings. The topological polar surface area (TPSA) is 94.8 Å². The van der Waals surface area contributed by atoms with Gasteiger partial charge in [0.05, 0.1) is 0 Å². The zero-order valence-corrected chi connectivity index (χ0v) is 11.5. The zero-order chi connectivity index (χ0) is 13.6. The first kappa shape index (κ1) is 15.7. The first-order chi connectivity index (χ1) is 6.59. The number of rotatable bonds is 2. The van der Waals surface area contributed by atoms with Crippen LogP contribution in [0.3, 0.4) is 0 Å². The van der Waals surface area contributed by atoms with Gasteiger partial charge in [-0.2, -0.15) is 0 Å². The van der Waals surface area contributed by atoms with Crippen LogP contribution in [0.5, 0.6) is 0 Å². The van der Waals surface area contributed by atoms with Gasteiger partial charge in [-0.25, -0.2) is 0 Å². The Balaban J connectivity index is 5.63. The fourth-order valence-corrected chi connectivity index (χ4v) is 3.98. The summed E-state index contributed by atoms with van der Waals surface area (Å²) >= 11 is 0. The molecule has 0 saturated heterocycles. The summed E-state index contributed by atoms with van der Waals surface area (Å²) < 4.78 is 0. The maximum absolute atomic E-state index is 11.8. The molecule has 0 saturated carbocycles. The Morgan fingerprint density at radius 1 is 0.750 bits per heavy atom. The van der Waals surface area contributed by atoms with Gasteiger partial charge in [0.25, 0.3) is 0 Å². The molecular weight excluding hydrogens is 231 g/mol. The molecule has 96 valence electrons. The molecule has 0 radical (unpaired) electrons. The predicted molar refractivity (Wildman–Crippen MR) is 62.5 cm³/mol. The Hall–Kier alpha value is -0.350. The van der Waals surface area contributed by atoms with E-state index >= 15 is 0 Å². The van der Waals surface area contributed by atoms with E-state index < -0.39 is 29.2 Å². The van der Waals surface area contributed by atoms with Crippen LogP contribution in [0.25, 0.3) is 0 Å². The van der Waals surface area contributed by atoms with Gasteiger partial charge in [0.2, 0.25) is 0 Å². The van der Waals surface area contributed by atoms with E-state index in [4.69, 9.17) is 0 Å². The Kier molecular flexibility index (Phi) is 3.49. The van der Waals surface area contributed by atoms with E-state index in [1.54, 1.807) is 0 Å². The van der Waals surface area contributed by atoms with E-state index in [-0.39, 0.29) is 0 Å². The SMILES string of the molecule is CC(C)(C)C(=O)P(O)(O)(O)C(=O)C(C)(C)C. The first-order valence-corrected chi connectivity index (χ1v) is 7.05. The summed E-state index contributed by atoms with van der Waals surface area (Å²) in [5.41, 5.74) is -4.81. The van der Waals surface area contributed by atoms with Crippen molar-refractivity contribution in [2.75, 3.05) is 0 Å². The number of hydrogen-bond donors (Lipinski definition) is 3. The molecule has 0 aromatic carbocycles. The third kappa shape index (κ3) is 2.86. The van der Waals surface area contributed by atoms with Crippen LogP contribution in [-0.2, 0) is 9.59 Å². The number of carbonyl (C=O) groups is 2. The molecule has 6 heteroatoms. The van der Waals surface area contributed by atoms with Gasteiger partial charge in [-0.15, -0.1) is 0 Å². The van der Waals surface area contributed by atoms with Gasteiger partial charge < -0.3 is 0 Å². The van der Waals surface area contributed by atoms with Crippen molar-refractivity contribution in [1.29, 1.82) is 0 Å². The molecule has 0 aliphatic carbocycles. The number of carbonyl (C=O) groups excluding carboxylic acids is 2. The molecule has 5 nitrogen and oxygen atoms in total. The fourth-order valence-electron chi connectivity index (χ4n) is 1.33. The molecule has 0 aliphatic heterocycles. The second-order valence-corrected chi connectivity index (χ2v) is 8.86. The van der Waals surface area contributed by atoms with E-state index in [9.17, 15) is 24.3 Å². The second kappa shape index (κ2) is 3.57. The van der Waals surface area contributed by atoms with Crippen LogP contribution in [0.1, 0.15) is 41.5 Å². The van der Waals surface area contributed by atoms with Crippen molar-refractivity contribution >= 4 is 18.3 Å². The van der Waals surface area contributed by atoms with Crippen molar-refractivity contribution in [3.05, 3.63) is 0 Å².